The van der Waals surface area contributed by atoms with E-state index in [-0.39, 0.29) is 24.5 Å². The maximum absolute atomic E-state index is 12.5. The van der Waals surface area contributed by atoms with Crippen LogP contribution < -0.4 is 0 Å². The van der Waals surface area contributed by atoms with Crippen molar-refractivity contribution in [3.8, 4) is 11.3 Å². The van der Waals surface area contributed by atoms with E-state index in [1.807, 2.05) is 43.3 Å². The standard InChI is InChI=1S/C21H21N3O3/c1-3-6-18-20(25)24(21(26)23(18)2)13-17-12-19(27-22-17)16-10-9-14-7-4-5-8-15(14)11-16/h4-5,7-12,18H,3,6,13H2,1-2H3. The Morgan fingerprint density at radius 2 is 1.85 bits per heavy atom. The summed E-state index contributed by atoms with van der Waals surface area (Å²) in [5, 5.41) is 6.33. The molecule has 1 aliphatic rings. The number of fused-ring (bicyclic) bond motifs is 1. The molecule has 6 nitrogen and oxygen atoms in total. The summed E-state index contributed by atoms with van der Waals surface area (Å²) in [5.41, 5.74) is 1.47. The Labute approximate surface area is 157 Å². The first-order valence-electron chi connectivity index (χ1n) is 9.11. The van der Waals surface area contributed by atoms with E-state index < -0.39 is 0 Å². The van der Waals surface area contributed by atoms with Crippen LogP contribution >= 0.6 is 0 Å². The Balaban J connectivity index is 1.56. The lowest BCUT2D eigenvalue weighted by Crippen LogP contribution is -2.31. The van der Waals surface area contributed by atoms with Crippen LogP contribution in [0, 0.1) is 0 Å². The molecule has 1 aliphatic heterocycles. The van der Waals surface area contributed by atoms with Gasteiger partial charge in [-0.3, -0.25) is 9.69 Å². The van der Waals surface area contributed by atoms with E-state index in [9.17, 15) is 9.59 Å². The van der Waals surface area contributed by atoms with Crippen LogP contribution in [0.5, 0.6) is 0 Å². The molecule has 2 aromatic carbocycles. The number of aromatic nitrogens is 1. The molecule has 2 heterocycles. The van der Waals surface area contributed by atoms with Gasteiger partial charge in [0.15, 0.2) is 5.76 Å². The van der Waals surface area contributed by atoms with Gasteiger partial charge in [-0.25, -0.2) is 4.79 Å². The van der Waals surface area contributed by atoms with Gasteiger partial charge in [-0.05, 0) is 23.3 Å². The van der Waals surface area contributed by atoms with Gasteiger partial charge in [-0.15, -0.1) is 0 Å². The van der Waals surface area contributed by atoms with Crippen molar-refractivity contribution in [2.45, 2.75) is 32.4 Å². The summed E-state index contributed by atoms with van der Waals surface area (Å²) in [7, 11) is 1.67. The van der Waals surface area contributed by atoms with Crippen molar-refractivity contribution in [3.05, 3.63) is 54.2 Å². The average molecular weight is 363 g/mol. The number of carbonyl (C=O) groups excluding carboxylic acids is 2. The number of likely N-dealkylation sites (N-methyl/N-ethyl adjacent to an activating group) is 1. The quantitative estimate of drug-likeness (QED) is 0.641. The van der Waals surface area contributed by atoms with Crippen LogP contribution in [-0.4, -0.2) is 40.0 Å². The number of carbonyl (C=O) groups is 2. The fraction of sp³-hybridized carbons (Fsp3) is 0.286. The SMILES string of the molecule is CCCC1C(=O)N(Cc2cc(-c3ccc4ccccc4c3)on2)C(=O)N1C. The highest BCUT2D eigenvalue weighted by Crippen LogP contribution is 2.27. The van der Waals surface area contributed by atoms with Crippen LogP contribution in [0.25, 0.3) is 22.1 Å². The van der Waals surface area contributed by atoms with Gasteiger partial charge in [0.25, 0.3) is 5.91 Å². The Bertz CT molecular complexity index is 1010. The van der Waals surface area contributed by atoms with Crippen LogP contribution in [0.4, 0.5) is 4.79 Å². The van der Waals surface area contributed by atoms with Crippen LogP contribution in [-0.2, 0) is 11.3 Å². The molecule has 0 bridgehead atoms. The second-order valence-electron chi connectivity index (χ2n) is 6.87. The van der Waals surface area contributed by atoms with Crippen molar-refractivity contribution in [1.82, 2.24) is 15.0 Å². The van der Waals surface area contributed by atoms with Gasteiger partial charge in [-0.2, -0.15) is 0 Å². The molecule has 1 atom stereocenters. The van der Waals surface area contributed by atoms with E-state index in [0.29, 0.717) is 17.9 Å². The number of hydrogen-bond donors (Lipinski definition) is 0. The van der Waals surface area contributed by atoms with E-state index in [1.54, 1.807) is 13.1 Å². The normalized spacial score (nSPS) is 17.3. The lowest BCUT2D eigenvalue weighted by Gasteiger charge is -2.14. The third-order valence-electron chi connectivity index (χ3n) is 5.03. The van der Waals surface area contributed by atoms with Gasteiger partial charge in [0.1, 0.15) is 11.7 Å². The fourth-order valence-corrected chi connectivity index (χ4v) is 3.53. The van der Waals surface area contributed by atoms with E-state index >= 15 is 0 Å². The molecule has 1 fully saturated rings. The van der Waals surface area contributed by atoms with Crippen molar-refractivity contribution in [2.75, 3.05) is 7.05 Å². The van der Waals surface area contributed by atoms with Crippen molar-refractivity contribution in [3.63, 3.8) is 0 Å². The van der Waals surface area contributed by atoms with Gasteiger partial charge < -0.3 is 9.42 Å². The molecule has 0 aliphatic carbocycles. The van der Waals surface area contributed by atoms with Gasteiger partial charge in [0.2, 0.25) is 0 Å². The minimum absolute atomic E-state index is 0.124. The van der Waals surface area contributed by atoms with Crippen LogP contribution in [0.3, 0.4) is 0 Å². The van der Waals surface area contributed by atoms with E-state index in [0.717, 1.165) is 22.8 Å². The number of hydrogen-bond acceptors (Lipinski definition) is 4. The third-order valence-corrected chi connectivity index (χ3v) is 5.03. The molecule has 1 aromatic heterocycles. The highest BCUT2D eigenvalue weighted by Gasteiger charge is 2.42. The number of amides is 3. The van der Waals surface area contributed by atoms with Gasteiger partial charge in [0, 0.05) is 18.7 Å². The number of benzene rings is 2. The first-order valence-corrected chi connectivity index (χ1v) is 9.11. The molecule has 1 saturated heterocycles. The van der Waals surface area contributed by atoms with Gasteiger partial charge in [-0.1, -0.05) is 54.9 Å². The summed E-state index contributed by atoms with van der Waals surface area (Å²) in [5.74, 6) is 0.452. The summed E-state index contributed by atoms with van der Waals surface area (Å²) in [6.07, 6.45) is 1.51. The zero-order valence-corrected chi connectivity index (χ0v) is 15.4. The van der Waals surface area contributed by atoms with Crippen molar-refractivity contribution in [2.24, 2.45) is 0 Å². The highest BCUT2D eigenvalue weighted by atomic mass is 16.5. The average Bonchev–Trinajstić information content (AvgIpc) is 3.23. The maximum Gasteiger partial charge on any atom is 0.327 e. The maximum atomic E-state index is 12.5. The molecule has 6 heteroatoms. The summed E-state index contributed by atoms with van der Waals surface area (Å²) in [4.78, 5) is 27.7. The number of imide groups is 1. The summed E-state index contributed by atoms with van der Waals surface area (Å²) in [6.45, 7) is 2.13. The van der Waals surface area contributed by atoms with Gasteiger partial charge in [0.05, 0.1) is 6.54 Å². The lowest BCUT2D eigenvalue weighted by atomic mass is 10.1. The highest BCUT2D eigenvalue weighted by molar-refractivity contribution is 6.03. The molecule has 0 radical (unpaired) electrons. The van der Waals surface area contributed by atoms with Crippen molar-refractivity contribution < 1.29 is 14.1 Å². The number of rotatable bonds is 5. The minimum atomic E-state index is -0.380. The van der Waals surface area contributed by atoms with Crippen LogP contribution in [0.15, 0.2) is 53.1 Å². The molecule has 1 unspecified atom stereocenters. The van der Waals surface area contributed by atoms with Gasteiger partial charge >= 0.3 is 6.03 Å². The summed E-state index contributed by atoms with van der Waals surface area (Å²) < 4.78 is 5.47. The molecule has 3 aromatic rings. The first kappa shape index (κ1) is 17.3. The largest absolute Gasteiger partial charge is 0.356 e. The minimum Gasteiger partial charge on any atom is -0.356 e. The van der Waals surface area contributed by atoms with Crippen molar-refractivity contribution in [1.29, 1.82) is 0 Å². The first-order chi connectivity index (χ1) is 13.1. The van der Waals surface area contributed by atoms with Crippen molar-refractivity contribution >= 4 is 22.7 Å². The topological polar surface area (TPSA) is 66.7 Å². The molecule has 4 rings (SSSR count). The Morgan fingerprint density at radius 1 is 1.07 bits per heavy atom. The molecule has 0 N–H and O–H groups in total. The number of nitrogens with zero attached hydrogens (tertiary/aromatic N) is 3. The second kappa shape index (κ2) is 6.87. The smallest absolute Gasteiger partial charge is 0.327 e. The lowest BCUT2D eigenvalue weighted by molar-refractivity contribution is -0.128. The second-order valence-corrected chi connectivity index (χ2v) is 6.87. The number of urea groups is 1. The molecule has 138 valence electrons. The molecule has 27 heavy (non-hydrogen) atoms. The predicted molar refractivity (Wildman–Crippen MR) is 102 cm³/mol. The Morgan fingerprint density at radius 3 is 2.63 bits per heavy atom. The van der Waals surface area contributed by atoms with E-state index in [1.165, 1.54) is 9.80 Å². The third kappa shape index (κ3) is 3.07. The van der Waals surface area contributed by atoms with E-state index in [2.05, 4.69) is 11.2 Å². The zero-order valence-electron chi connectivity index (χ0n) is 15.4. The van der Waals surface area contributed by atoms with Crippen LogP contribution in [0.2, 0.25) is 0 Å². The Hall–Kier alpha value is -3.15. The Kier molecular flexibility index (Phi) is 4.39. The molecular formula is C21H21N3O3. The molecule has 0 spiro atoms. The molecular weight excluding hydrogens is 342 g/mol. The summed E-state index contributed by atoms with van der Waals surface area (Å²) in [6, 6.07) is 15.3. The summed E-state index contributed by atoms with van der Waals surface area (Å²) >= 11 is 0. The molecule has 3 amide bonds. The predicted octanol–water partition coefficient (Wildman–Crippen LogP) is 4.06. The fourth-order valence-electron chi connectivity index (χ4n) is 3.53. The monoisotopic (exact) mass is 363 g/mol. The zero-order chi connectivity index (χ0) is 19.0. The van der Waals surface area contributed by atoms with Crippen LogP contribution in [0.1, 0.15) is 25.5 Å². The molecule has 0 saturated carbocycles. The van der Waals surface area contributed by atoms with E-state index in [4.69, 9.17) is 4.52 Å².